The number of rotatable bonds is 4. The molecule has 1 N–H and O–H groups in total. The van der Waals surface area contributed by atoms with Crippen molar-refractivity contribution in [2.45, 2.75) is 31.7 Å². The van der Waals surface area contributed by atoms with E-state index in [0.29, 0.717) is 0 Å². The first kappa shape index (κ1) is 12.6. The minimum atomic E-state index is -0.852. The van der Waals surface area contributed by atoms with Crippen LogP contribution in [0.15, 0.2) is 12.2 Å². The predicted molar refractivity (Wildman–Crippen MR) is 67.0 cm³/mol. The summed E-state index contributed by atoms with van der Waals surface area (Å²) in [7, 11) is 0. The first-order valence-electron chi connectivity index (χ1n) is 6.61. The van der Waals surface area contributed by atoms with E-state index in [1.54, 1.807) is 6.08 Å². The van der Waals surface area contributed by atoms with Gasteiger partial charge in [0.2, 0.25) is 0 Å². The van der Waals surface area contributed by atoms with E-state index in [0.717, 1.165) is 38.8 Å². The van der Waals surface area contributed by atoms with E-state index < -0.39 is 5.97 Å². The van der Waals surface area contributed by atoms with Crippen molar-refractivity contribution in [2.75, 3.05) is 32.7 Å². The van der Waals surface area contributed by atoms with Gasteiger partial charge in [0.1, 0.15) is 0 Å². The van der Waals surface area contributed by atoms with E-state index >= 15 is 0 Å². The van der Waals surface area contributed by atoms with Crippen LogP contribution >= 0.6 is 0 Å². The number of carbonyl (C=O) groups is 1. The molecule has 2 fully saturated rings. The van der Waals surface area contributed by atoms with Crippen molar-refractivity contribution < 1.29 is 9.90 Å². The summed E-state index contributed by atoms with van der Waals surface area (Å²) in [6.45, 7) is 5.20. The van der Waals surface area contributed by atoms with Gasteiger partial charge in [-0.1, -0.05) is 18.9 Å². The first-order valence-corrected chi connectivity index (χ1v) is 6.61. The van der Waals surface area contributed by atoms with E-state index in [1.807, 2.05) is 0 Å². The largest absolute Gasteiger partial charge is 0.478 e. The summed E-state index contributed by atoms with van der Waals surface area (Å²) in [6.07, 6.45) is 8.52. The summed E-state index contributed by atoms with van der Waals surface area (Å²) < 4.78 is 0. The number of nitrogens with zero attached hydrogens (tertiary/aromatic N) is 2. The third-order valence-electron chi connectivity index (χ3n) is 3.87. The zero-order valence-electron chi connectivity index (χ0n) is 10.3. The van der Waals surface area contributed by atoms with Crippen molar-refractivity contribution in [2.24, 2.45) is 0 Å². The number of hydrogen-bond donors (Lipinski definition) is 1. The standard InChI is InChI=1S/C13H22N2O2/c16-13(17)6-3-7-14-8-10-15(11-9-14)12-4-1-2-5-12/h3,6,12H,1-2,4-5,7-11H2,(H,16,17). The molecule has 1 aliphatic carbocycles. The van der Waals surface area contributed by atoms with Crippen LogP contribution in [0.3, 0.4) is 0 Å². The highest BCUT2D eigenvalue weighted by molar-refractivity contribution is 5.79. The van der Waals surface area contributed by atoms with Crippen LogP contribution in [0, 0.1) is 0 Å². The SMILES string of the molecule is O=C(O)C=CCN1CCN(C2CCCC2)CC1. The molecule has 1 heterocycles. The second-order valence-electron chi connectivity index (χ2n) is 5.02. The molecule has 0 spiro atoms. The van der Waals surface area contributed by atoms with Gasteiger partial charge in [-0.25, -0.2) is 4.79 Å². The molecule has 1 saturated carbocycles. The third-order valence-corrected chi connectivity index (χ3v) is 3.87. The molecule has 0 aromatic rings. The van der Waals surface area contributed by atoms with Crippen LogP contribution in [-0.4, -0.2) is 59.6 Å². The van der Waals surface area contributed by atoms with Crippen molar-refractivity contribution in [1.82, 2.24) is 9.80 Å². The van der Waals surface area contributed by atoms with Gasteiger partial charge in [0.05, 0.1) is 0 Å². The molecule has 0 unspecified atom stereocenters. The van der Waals surface area contributed by atoms with Gasteiger partial charge in [-0.2, -0.15) is 0 Å². The van der Waals surface area contributed by atoms with E-state index in [1.165, 1.54) is 31.8 Å². The van der Waals surface area contributed by atoms with Crippen molar-refractivity contribution in [3.63, 3.8) is 0 Å². The predicted octanol–water partition coefficient (Wildman–Crippen LogP) is 1.19. The zero-order chi connectivity index (χ0) is 12.1. The molecular weight excluding hydrogens is 216 g/mol. The summed E-state index contributed by atoms with van der Waals surface area (Å²) in [5.41, 5.74) is 0. The summed E-state index contributed by atoms with van der Waals surface area (Å²) in [6, 6.07) is 0.826. The first-order chi connectivity index (χ1) is 8.25. The van der Waals surface area contributed by atoms with Crippen LogP contribution in [0.25, 0.3) is 0 Å². The topological polar surface area (TPSA) is 43.8 Å². The summed E-state index contributed by atoms with van der Waals surface area (Å²) in [5, 5.41) is 8.52. The van der Waals surface area contributed by atoms with Crippen molar-refractivity contribution >= 4 is 5.97 Å². The number of carboxylic acids is 1. The lowest BCUT2D eigenvalue weighted by Crippen LogP contribution is -2.49. The molecule has 0 aromatic heterocycles. The molecular formula is C13H22N2O2. The lowest BCUT2D eigenvalue weighted by Gasteiger charge is -2.37. The minimum absolute atomic E-state index is 0.769. The van der Waals surface area contributed by atoms with Crippen molar-refractivity contribution in [3.05, 3.63) is 12.2 Å². The maximum Gasteiger partial charge on any atom is 0.328 e. The van der Waals surface area contributed by atoms with Crippen LogP contribution in [0.4, 0.5) is 0 Å². The fourth-order valence-electron chi connectivity index (χ4n) is 2.88. The normalized spacial score (nSPS) is 24.7. The highest BCUT2D eigenvalue weighted by atomic mass is 16.4. The Kier molecular flexibility index (Phi) is 4.57. The maximum atomic E-state index is 10.4. The van der Waals surface area contributed by atoms with E-state index in [4.69, 9.17) is 5.11 Å². The molecule has 0 amide bonds. The third kappa shape index (κ3) is 3.82. The number of carboxylic acid groups (broad SMARTS) is 1. The highest BCUT2D eigenvalue weighted by Gasteiger charge is 2.25. The van der Waals surface area contributed by atoms with Crippen LogP contribution < -0.4 is 0 Å². The minimum Gasteiger partial charge on any atom is -0.478 e. The molecule has 17 heavy (non-hydrogen) atoms. The average molecular weight is 238 g/mol. The smallest absolute Gasteiger partial charge is 0.328 e. The molecule has 4 nitrogen and oxygen atoms in total. The second-order valence-corrected chi connectivity index (χ2v) is 5.02. The number of piperazine rings is 1. The van der Waals surface area contributed by atoms with E-state index in [9.17, 15) is 4.79 Å². The Morgan fingerprint density at radius 3 is 2.41 bits per heavy atom. The Morgan fingerprint density at radius 2 is 1.82 bits per heavy atom. The zero-order valence-corrected chi connectivity index (χ0v) is 10.3. The molecule has 0 aromatic carbocycles. The molecule has 4 heteroatoms. The van der Waals surface area contributed by atoms with Crippen LogP contribution in [0.5, 0.6) is 0 Å². The summed E-state index contributed by atoms with van der Waals surface area (Å²) in [4.78, 5) is 15.3. The second kappa shape index (κ2) is 6.17. The number of hydrogen-bond acceptors (Lipinski definition) is 3. The number of aliphatic carboxylic acids is 1. The van der Waals surface area contributed by atoms with Gasteiger partial charge < -0.3 is 5.11 Å². The van der Waals surface area contributed by atoms with Gasteiger partial charge in [-0.3, -0.25) is 9.80 Å². The fraction of sp³-hybridized carbons (Fsp3) is 0.769. The monoisotopic (exact) mass is 238 g/mol. The Balaban J connectivity index is 1.68. The van der Waals surface area contributed by atoms with E-state index in [2.05, 4.69) is 9.80 Å². The van der Waals surface area contributed by atoms with Crippen LogP contribution in [0.1, 0.15) is 25.7 Å². The van der Waals surface area contributed by atoms with Crippen molar-refractivity contribution in [1.29, 1.82) is 0 Å². The summed E-state index contributed by atoms with van der Waals surface area (Å²) in [5.74, 6) is -0.852. The average Bonchev–Trinajstić information content (AvgIpc) is 2.83. The van der Waals surface area contributed by atoms with Gasteiger partial charge in [-0.05, 0) is 12.8 Å². The van der Waals surface area contributed by atoms with E-state index in [-0.39, 0.29) is 0 Å². The van der Waals surface area contributed by atoms with Gasteiger partial charge in [0.15, 0.2) is 0 Å². The molecule has 1 aliphatic heterocycles. The maximum absolute atomic E-state index is 10.4. The fourth-order valence-corrected chi connectivity index (χ4v) is 2.88. The molecule has 96 valence electrons. The molecule has 0 radical (unpaired) electrons. The lowest BCUT2D eigenvalue weighted by molar-refractivity contribution is -0.131. The Hall–Kier alpha value is -0.870. The molecule has 0 atom stereocenters. The molecule has 1 saturated heterocycles. The van der Waals surface area contributed by atoms with Gasteiger partial charge in [0.25, 0.3) is 0 Å². The van der Waals surface area contributed by atoms with Gasteiger partial charge in [-0.15, -0.1) is 0 Å². The van der Waals surface area contributed by atoms with Crippen LogP contribution in [-0.2, 0) is 4.79 Å². The van der Waals surface area contributed by atoms with Crippen molar-refractivity contribution in [3.8, 4) is 0 Å². The molecule has 2 aliphatic rings. The highest BCUT2D eigenvalue weighted by Crippen LogP contribution is 2.24. The Bertz CT molecular complexity index is 277. The molecule has 0 bridgehead atoms. The quantitative estimate of drug-likeness (QED) is 0.747. The Labute approximate surface area is 103 Å². The van der Waals surface area contributed by atoms with Gasteiger partial charge >= 0.3 is 5.97 Å². The van der Waals surface area contributed by atoms with Crippen LogP contribution in [0.2, 0.25) is 0 Å². The lowest BCUT2D eigenvalue weighted by atomic mass is 10.2. The summed E-state index contributed by atoms with van der Waals surface area (Å²) >= 11 is 0. The molecule has 2 rings (SSSR count). The Morgan fingerprint density at radius 1 is 1.18 bits per heavy atom. The van der Waals surface area contributed by atoms with Gasteiger partial charge in [0, 0.05) is 44.8 Å².